The van der Waals surface area contributed by atoms with Crippen LogP contribution in [0.2, 0.25) is 0 Å². The first-order chi connectivity index (χ1) is 20.1. The Balaban J connectivity index is 1.41. The van der Waals surface area contributed by atoms with E-state index in [1.165, 1.54) is 11.6 Å². The number of nitrogens with one attached hydrogen (secondary N) is 3. The van der Waals surface area contributed by atoms with Crippen LogP contribution in [0.5, 0.6) is 0 Å². The molecule has 5 rings (SSSR count). The van der Waals surface area contributed by atoms with E-state index in [4.69, 9.17) is 4.52 Å². The van der Waals surface area contributed by atoms with Crippen molar-refractivity contribution in [3.8, 4) is 0 Å². The highest BCUT2D eigenvalue weighted by atomic mass is 19.4. The number of anilines is 1. The molecule has 2 aromatic rings. The van der Waals surface area contributed by atoms with Gasteiger partial charge in [-0.2, -0.15) is 26.3 Å². The van der Waals surface area contributed by atoms with E-state index in [1.54, 1.807) is 0 Å². The number of nitrogens with zero attached hydrogens (tertiary/aromatic N) is 1. The molecule has 3 saturated carbocycles. The van der Waals surface area contributed by atoms with Crippen molar-refractivity contribution in [2.24, 2.45) is 17.8 Å². The number of hydrogen-bond acceptors (Lipinski definition) is 5. The highest BCUT2D eigenvalue weighted by molar-refractivity contribution is 6.02. The maximum Gasteiger partial charge on any atom is 0.416 e. The third-order valence-electron chi connectivity index (χ3n) is 8.12. The fraction of sp³-hybridized carbons (Fsp3) is 0.571. The van der Waals surface area contributed by atoms with Gasteiger partial charge >= 0.3 is 12.4 Å². The molecule has 1 heterocycles. The summed E-state index contributed by atoms with van der Waals surface area (Å²) in [5.41, 5.74) is -2.65. The van der Waals surface area contributed by atoms with Gasteiger partial charge in [0.25, 0.3) is 5.91 Å². The zero-order valence-electron chi connectivity index (χ0n) is 22.9. The average molecular weight is 619 g/mol. The quantitative estimate of drug-likeness (QED) is 0.281. The highest BCUT2D eigenvalue weighted by Crippen LogP contribution is 2.51. The third-order valence-corrected chi connectivity index (χ3v) is 8.12. The van der Waals surface area contributed by atoms with E-state index in [2.05, 4.69) is 15.8 Å². The van der Waals surface area contributed by atoms with Gasteiger partial charge < -0.3 is 20.5 Å². The molecule has 1 aromatic carbocycles. The van der Waals surface area contributed by atoms with Gasteiger partial charge in [0.15, 0.2) is 0 Å². The summed E-state index contributed by atoms with van der Waals surface area (Å²) in [6, 6.07) is -0.513. The fourth-order valence-corrected chi connectivity index (χ4v) is 5.49. The number of hydrogen-bond donors (Lipinski definition) is 3. The van der Waals surface area contributed by atoms with Crippen molar-refractivity contribution in [1.82, 2.24) is 15.8 Å². The van der Waals surface area contributed by atoms with Gasteiger partial charge in [0.1, 0.15) is 30.2 Å². The van der Waals surface area contributed by atoms with Gasteiger partial charge in [-0.3, -0.25) is 14.4 Å². The minimum atomic E-state index is -5.15. The maximum atomic E-state index is 15.2. The summed E-state index contributed by atoms with van der Waals surface area (Å²) in [5, 5.41) is 10.3. The van der Waals surface area contributed by atoms with Crippen LogP contribution in [-0.4, -0.2) is 41.6 Å². The molecule has 1 aromatic heterocycles. The number of rotatable bonds is 11. The maximum absolute atomic E-state index is 15.2. The first kappa shape index (κ1) is 30.8. The van der Waals surface area contributed by atoms with Gasteiger partial charge in [0.05, 0.1) is 22.9 Å². The predicted octanol–water partition coefficient (Wildman–Crippen LogP) is 5.67. The van der Waals surface area contributed by atoms with Crippen LogP contribution in [-0.2, 0) is 15.8 Å². The van der Waals surface area contributed by atoms with Gasteiger partial charge in [-0.05, 0) is 80.9 Å². The van der Waals surface area contributed by atoms with Crippen LogP contribution in [0.4, 0.5) is 36.4 Å². The highest BCUT2D eigenvalue weighted by Gasteiger charge is 2.49. The van der Waals surface area contributed by atoms with Crippen LogP contribution in [0.15, 0.2) is 22.9 Å². The lowest BCUT2D eigenvalue weighted by atomic mass is 9.88. The number of alkyl halides is 6. The summed E-state index contributed by atoms with van der Waals surface area (Å²) < 4.78 is 99.8. The standard InChI is InChI=1S/C28H29F7N4O4/c1-12(24(40)36-11-27(30,31)32)16-8-19(29)20(9-18(16)28(33,34)35)37-26(42)23(21(13-2-3-13)14-4-5-14)38-25(41)17-10-43-39-22(17)15-6-7-15/h8-10,12-15,21,23H,2-7,11H2,1H3,(H,36,40)(H,37,42)(H,38,41)/t12?,23-/m0/s1. The average Bonchev–Trinajstić information content (AvgIpc) is 3.78. The molecule has 0 bridgehead atoms. The lowest BCUT2D eigenvalue weighted by Gasteiger charge is -2.28. The topological polar surface area (TPSA) is 113 Å². The largest absolute Gasteiger partial charge is 0.416 e. The molecule has 0 saturated heterocycles. The number of aromatic nitrogens is 1. The summed E-state index contributed by atoms with van der Waals surface area (Å²) in [5.74, 6) is -6.15. The number of carbonyl (C=O) groups is 3. The number of benzene rings is 1. The van der Waals surface area contributed by atoms with Gasteiger partial charge in [0.2, 0.25) is 11.8 Å². The van der Waals surface area contributed by atoms with Crippen molar-refractivity contribution in [1.29, 1.82) is 0 Å². The third kappa shape index (κ3) is 7.29. The van der Waals surface area contributed by atoms with Crippen molar-refractivity contribution in [2.75, 3.05) is 11.9 Å². The number of amides is 3. The Morgan fingerprint density at radius 3 is 2.14 bits per heavy atom. The summed E-state index contributed by atoms with van der Waals surface area (Å²) in [6.07, 6.45) is -3.93. The molecule has 3 aliphatic carbocycles. The summed E-state index contributed by atoms with van der Waals surface area (Å²) in [7, 11) is 0. The van der Waals surface area contributed by atoms with E-state index >= 15 is 4.39 Å². The van der Waals surface area contributed by atoms with Crippen LogP contribution in [0, 0.1) is 23.6 Å². The van der Waals surface area contributed by atoms with Gasteiger partial charge in [-0.25, -0.2) is 4.39 Å². The molecule has 234 valence electrons. The summed E-state index contributed by atoms with van der Waals surface area (Å²) in [4.78, 5) is 39.0. The molecule has 8 nitrogen and oxygen atoms in total. The van der Waals surface area contributed by atoms with Crippen LogP contribution < -0.4 is 16.0 Å². The monoisotopic (exact) mass is 618 g/mol. The van der Waals surface area contributed by atoms with Crippen LogP contribution in [0.1, 0.15) is 84.5 Å². The summed E-state index contributed by atoms with van der Waals surface area (Å²) in [6.45, 7) is -0.864. The second-order valence-corrected chi connectivity index (χ2v) is 11.6. The Bertz CT molecular complexity index is 1380. The minimum Gasteiger partial charge on any atom is -0.364 e. The molecule has 0 aliphatic heterocycles. The molecule has 0 spiro atoms. The second kappa shape index (κ2) is 11.5. The minimum absolute atomic E-state index is 0.0563. The molecule has 43 heavy (non-hydrogen) atoms. The van der Waals surface area contributed by atoms with Crippen molar-refractivity contribution in [3.63, 3.8) is 0 Å². The Morgan fingerprint density at radius 2 is 1.60 bits per heavy atom. The first-order valence-corrected chi connectivity index (χ1v) is 13.9. The Labute approximate surface area is 241 Å². The van der Waals surface area contributed by atoms with Gasteiger partial charge in [-0.15, -0.1) is 0 Å². The molecule has 1 unspecified atom stereocenters. The Kier molecular flexibility index (Phi) is 8.20. The van der Waals surface area contributed by atoms with Gasteiger partial charge in [-0.1, -0.05) is 5.16 Å². The van der Waals surface area contributed by atoms with Crippen molar-refractivity contribution in [3.05, 3.63) is 46.6 Å². The lowest BCUT2D eigenvalue weighted by molar-refractivity contribution is -0.141. The number of halogens is 7. The fourth-order valence-electron chi connectivity index (χ4n) is 5.49. The van der Waals surface area contributed by atoms with E-state index in [0.717, 1.165) is 45.4 Å². The predicted molar refractivity (Wildman–Crippen MR) is 136 cm³/mol. The van der Waals surface area contributed by atoms with E-state index in [0.29, 0.717) is 17.8 Å². The normalized spacial score (nSPS) is 18.7. The molecule has 0 radical (unpaired) electrons. The van der Waals surface area contributed by atoms with Crippen LogP contribution >= 0.6 is 0 Å². The second-order valence-electron chi connectivity index (χ2n) is 11.6. The molecular formula is C28H29F7N4O4. The molecule has 2 atom stereocenters. The molecular weight excluding hydrogens is 589 g/mol. The van der Waals surface area contributed by atoms with Crippen molar-refractivity contribution >= 4 is 23.4 Å². The Hall–Kier alpha value is -3.65. The zero-order valence-corrected chi connectivity index (χ0v) is 22.9. The van der Waals surface area contributed by atoms with E-state index < -0.39 is 71.2 Å². The smallest absolute Gasteiger partial charge is 0.364 e. The Morgan fingerprint density at radius 1 is 0.977 bits per heavy atom. The zero-order chi connectivity index (χ0) is 31.3. The van der Waals surface area contributed by atoms with Crippen LogP contribution in [0.25, 0.3) is 0 Å². The molecule has 3 fully saturated rings. The first-order valence-electron chi connectivity index (χ1n) is 13.9. The molecule has 3 aliphatic rings. The molecule has 3 N–H and O–H groups in total. The number of carbonyl (C=O) groups excluding carboxylic acids is 3. The van der Waals surface area contributed by atoms with Crippen LogP contribution in [0.3, 0.4) is 0 Å². The summed E-state index contributed by atoms with van der Waals surface area (Å²) >= 11 is 0. The molecule has 15 heteroatoms. The van der Waals surface area contributed by atoms with Crippen molar-refractivity contribution < 1.29 is 49.6 Å². The SMILES string of the molecule is CC(C(=O)NCC(F)(F)F)c1cc(F)c(NC(=O)[C@@H](NC(=O)c2conc2C2CC2)C(C2CC2)C2CC2)cc1C(F)(F)F. The van der Waals surface area contributed by atoms with Crippen molar-refractivity contribution in [2.45, 2.75) is 75.7 Å². The molecule has 3 amide bonds. The van der Waals surface area contributed by atoms with E-state index in [1.807, 2.05) is 0 Å². The van der Waals surface area contributed by atoms with Gasteiger partial charge in [0, 0.05) is 5.92 Å². The lowest BCUT2D eigenvalue weighted by Crippen LogP contribution is -2.50. The van der Waals surface area contributed by atoms with E-state index in [-0.39, 0.29) is 29.2 Å². The van der Waals surface area contributed by atoms with E-state index in [9.17, 15) is 40.7 Å².